The van der Waals surface area contributed by atoms with Gasteiger partial charge in [-0.05, 0) is 55.8 Å². The van der Waals surface area contributed by atoms with E-state index in [1.807, 2.05) is 0 Å². The highest BCUT2D eigenvalue weighted by Gasteiger charge is 2.37. The summed E-state index contributed by atoms with van der Waals surface area (Å²) in [6.07, 6.45) is -4.49. The van der Waals surface area contributed by atoms with Crippen molar-refractivity contribution in [1.29, 1.82) is 0 Å². The van der Waals surface area contributed by atoms with Crippen LogP contribution in [0.3, 0.4) is 0 Å². The lowest BCUT2D eigenvalue weighted by atomic mass is 10.1. The van der Waals surface area contributed by atoms with Crippen molar-refractivity contribution in [3.05, 3.63) is 65.0 Å². The van der Waals surface area contributed by atoms with E-state index in [1.165, 1.54) is 22.8 Å². The molecule has 1 aliphatic rings. The smallest absolute Gasteiger partial charge is 0.325 e. The van der Waals surface area contributed by atoms with Gasteiger partial charge in [-0.15, -0.1) is 0 Å². The lowest BCUT2D eigenvalue weighted by Gasteiger charge is -2.39. The zero-order valence-corrected chi connectivity index (χ0v) is 15.3. The van der Waals surface area contributed by atoms with Gasteiger partial charge in [0.1, 0.15) is 11.9 Å². The van der Waals surface area contributed by atoms with E-state index in [0.29, 0.717) is 0 Å². The van der Waals surface area contributed by atoms with Crippen molar-refractivity contribution >= 4 is 17.5 Å². The number of rotatable bonds is 2. The molecule has 2 amide bonds. The molecular formula is C20H18F4N2O2. The zero-order chi connectivity index (χ0) is 20.6. The van der Waals surface area contributed by atoms with Crippen LogP contribution in [-0.4, -0.2) is 35.8 Å². The van der Waals surface area contributed by atoms with Crippen molar-refractivity contribution < 1.29 is 27.2 Å². The molecule has 148 valence electrons. The molecule has 4 nitrogen and oxygen atoms in total. The highest BCUT2D eigenvalue weighted by Crippen LogP contribution is 2.30. The fourth-order valence-corrected chi connectivity index (χ4v) is 3.18. The zero-order valence-electron chi connectivity index (χ0n) is 15.3. The number of hydrogen-bond acceptors (Lipinski definition) is 2. The largest absolute Gasteiger partial charge is 0.416 e. The third kappa shape index (κ3) is 3.72. The topological polar surface area (TPSA) is 40.6 Å². The average molecular weight is 394 g/mol. The first-order valence-electron chi connectivity index (χ1n) is 8.65. The van der Waals surface area contributed by atoms with Gasteiger partial charge in [-0.3, -0.25) is 9.59 Å². The summed E-state index contributed by atoms with van der Waals surface area (Å²) < 4.78 is 52.2. The molecular weight excluding hydrogens is 376 g/mol. The molecule has 8 heteroatoms. The van der Waals surface area contributed by atoms with Crippen molar-refractivity contribution in [1.82, 2.24) is 4.90 Å². The second-order valence-electron chi connectivity index (χ2n) is 6.69. The highest BCUT2D eigenvalue weighted by molar-refractivity contribution is 6.03. The fraction of sp³-hybridized carbons (Fsp3) is 0.300. The molecule has 0 saturated carbocycles. The molecule has 0 radical (unpaired) electrons. The minimum atomic E-state index is -4.49. The van der Waals surface area contributed by atoms with E-state index in [-0.39, 0.29) is 24.3 Å². The van der Waals surface area contributed by atoms with Gasteiger partial charge < -0.3 is 9.80 Å². The van der Waals surface area contributed by atoms with Crippen LogP contribution >= 0.6 is 0 Å². The SMILES string of the molecule is Cc1ccc(F)c(N2CCN(C(=O)c3ccc(C(F)(F)F)cc3)[C@@H](C)C2=O)c1. The molecule has 28 heavy (non-hydrogen) atoms. The Kier molecular flexibility index (Phi) is 5.14. The molecule has 0 bridgehead atoms. The molecule has 1 saturated heterocycles. The quantitative estimate of drug-likeness (QED) is 0.722. The first-order chi connectivity index (χ1) is 13.1. The van der Waals surface area contributed by atoms with Crippen molar-refractivity contribution in [2.24, 2.45) is 0 Å². The second-order valence-corrected chi connectivity index (χ2v) is 6.69. The normalized spacial score (nSPS) is 17.8. The maximum Gasteiger partial charge on any atom is 0.416 e. The Labute approximate surface area is 159 Å². The van der Waals surface area contributed by atoms with Crippen LogP contribution in [0.5, 0.6) is 0 Å². The molecule has 2 aromatic rings. The second kappa shape index (κ2) is 7.26. The van der Waals surface area contributed by atoms with Crippen LogP contribution in [0.2, 0.25) is 0 Å². The van der Waals surface area contributed by atoms with Gasteiger partial charge in [0.15, 0.2) is 0 Å². The number of anilines is 1. The van der Waals surface area contributed by atoms with Gasteiger partial charge in [0.25, 0.3) is 5.91 Å². The van der Waals surface area contributed by atoms with E-state index in [4.69, 9.17) is 0 Å². The Morgan fingerprint density at radius 2 is 1.71 bits per heavy atom. The summed E-state index contributed by atoms with van der Waals surface area (Å²) in [4.78, 5) is 28.0. The summed E-state index contributed by atoms with van der Waals surface area (Å²) in [6, 6.07) is 7.41. The van der Waals surface area contributed by atoms with Crippen LogP contribution in [0.15, 0.2) is 42.5 Å². The van der Waals surface area contributed by atoms with Crippen molar-refractivity contribution in [3.63, 3.8) is 0 Å². The summed E-state index contributed by atoms with van der Waals surface area (Å²) in [5, 5.41) is 0. The molecule has 2 aromatic carbocycles. The predicted octanol–water partition coefficient (Wildman–Crippen LogP) is 4.03. The number of halogens is 4. The van der Waals surface area contributed by atoms with E-state index < -0.39 is 35.4 Å². The monoisotopic (exact) mass is 394 g/mol. The standard InChI is InChI=1S/C20H18F4N2O2/c1-12-3-8-16(21)17(11-12)26-10-9-25(13(2)18(26)27)19(28)14-4-6-15(7-5-14)20(22,23)24/h3-8,11,13H,9-10H2,1-2H3/t13-/m0/s1. The third-order valence-electron chi connectivity index (χ3n) is 4.77. The molecule has 1 fully saturated rings. The maximum absolute atomic E-state index is 14.1. The van der Waals surface area contributed by atoms with Gasteiger partial charge >= 0.3 is 6.18 Å². The van der Waals surface area contributed by atoms with Gasteiger partial charge in [0, 0.05) is 18.7 Å². The number of hydrogen-bond donors (Lipinski definition) is 0. The first-order valence-corrected chi connectivity index (χ1v) is 8.65. The van der Waals surface area contributed by atoms with Crippen molar-refractivity contribution in [3.8, 4) is 0 Å². The Hall–Kier alpha value is -2.90. The predicted molar refractivity (Wildman–Crippen MR) is 95.4 cm³/mol. The third-order valence-corrected chi connectivity index (χ3v) is 4.77. The van der Waals surface area contributed by atoms with Crippen molar-refractivity contribution in [2.75, 3.05) is 18.0 Å². The average Bonchev–Trinajstić information content (AvgIpc) is 2.65. The van der Waals surface area contributed by atoms with Crippen LogP contribution in [0.25, 0.3) is 0 Å². The van der Waals surface area contributed by atoms with Gasteiger partial charge in [-0.1, -0.05) is 6.07 Å². The number of amides is 2. The summed E-state index contributed by atoms with van der Waals surface area (Å²) in [5.74, 6) is -1.52. The van der Waals surface area contributed by atoms with Gasteiger partial charge in [0.05, 0.1) is 11.3 Å². The van der Waals surface area contributed by atoms with Crippen LogP contribution < -0.4 is 4.90 Å². The Balaban J connectivity index is 1.80. The van der Waals surface area contributed by atoms with Gasteiger partial charge in [0.2, 0.25) is 5.91 Å². The summed E-state index contributed by atoms with van der Waals surface area (Å²) in [5.41, 5.74) is 0.148. The van der Waals surface area contributed by atoms with Crippen LogP contribution in [0, 0.1) is 12.7 Å². The number of carbonyl (C=O) groups is 2. The number of piperazine rings is 1. The molecule has 3 rings (SSSR count). The number of benzene rings is 2. The van der Waals surface area contributed by atoms with E-state index in [2.05, 4.69) is 0 Å². The van der Waals surface area contributed by atoms with Crippen LogP contribution in [0.4, 0.5) is 23.2 Å². The minimum absolute atomic E-state index is 0.0582. The number of nitrogens with zero attached hydrogens (tertiary/aromatic N) is 2. The van der Waals surface area contributed by atoms with Gasteiger partial charge in [-0.25, -0.2) is 4.39 Å². The summed E-state index contributed by atoms with van der Waals surface area (Å²) in [6.45, 7) is 3.53. The lowest BCUT2D eigenvalue weighted by Crippen LogP contribution is -2.58. The van der Waals surface area contributed by atoms with E-state index >= 15 is 0 Å². The van der Waals surface area contributed by atoms with Gasteiger partial charge in [-0.2, -0.15) is 13.2 Å². The summed E-state index contributed by atoms with van der Waals surface area (Å²) in [7, 11) is 0. The van der Waals surface area contributed by atoms with Crippen LogP contribution in [-0.2, 0) is 11.0 Å². The molecule has 1 heterocycles. The maximum atomic E-state index is 14.1. The molecule has 0 N–H and O–H groups in total. The lowest BCUT2D eigenvalue weighted by molar-refractivity contribution is -0.137. The number of aryl methyl sites for hydroxylation is 1. The number of carbonyl (C=O) groups excluding carboxylic acids is 2. The highest BCUT2D eigenvalue weighted by atomic mass is 19.4. The van der Waals surface area contributed by atoms with E-state index in [9.17, 15) is 27.2 Å². The molecule has 1 aliphatic heterocycles. The van der Waals surface area contributed by atoms with Crippen molar-refractivity contribution in [2.45, 2.75) is 26.1 Å². The molecule has 0 unspecified atom stereocenters. The first kappa shape index (κ1) is 19.9. The molecule has 0 aliphatic carbocycles. The fourth-order valence-electron chi connectivity index (χ4n) is 3.18. The molecule has 0 aromatic heterocycles. The molecule has 0 spiro atoms. The summed E-state index contributed by atoms with van der Waals surface area (Å²) >= 11 is 0. The van der Waals surface area contributed by atoms with E-state index in [0.717, 1.165) is 29.8 Å². The molecule has 1 atom stereocenters. The van der Waals surface area contributed by atoms with Crippen LogP contribution in [0.1, 0.15) is 28.4 Å². The minimum Gasteiger partial charge on any atom is -0.325 e. The number of alkyl halides is 3. The Bertz CT molecular complexity index is 909. The Morgan fingerprint density at radius 3 is 2.32 bits per heavy atom. The van der Waals surface area contributed by atoms with E-state index in [1.54, 1.807) is 19.1 Å². The Morgan fingerprint density at radius 1 is 1.07 bits per heavy atom.